The lowest BCUT2D eigenvalue weighted by molar-refractivity contribution is -0.150. The van der Waals surface area contributed by atoms with Crippen LogP contribution in [0.1, 0.15) is 11.1 Å². The number of benzene rings is 1. The van der Waals surface area contributed by atoms with Gasteiger partial charge in [0.1, 0.15) is 0 Å². The fourth-order valence-electron chi connectivity index (χ4n) is 1.20. The van der Waals surface area contributed by atoms with Gasteiger partial charge in [0.2, 0.25) is 0 Å². The second-order valence-electron chi connectivity index (χ2n) is 3.14. The molecule has 17 heavy (non-hydrogen) atoms. The third kappa shape index (κ3) is 3.47. The SMILES string of the molecule is O=C(O)C(=O)NCc1ccccc1C(F)(F)F. The van der Waals surface area contributed by atoms with Gasteiger partial charge < -0.3 is 10.4 Å². The van der Waals surface area contributed by atoms with Gasteiger partial charge in [-0.3, -0.25) is 4.79 Å². The standard InChI is InChI=1S/C10H8F3NO3/c11-10(12,13)7-4-2-1-3-6(7)5-14-8(15)9(16)17/h1-4H,5H2,(H,14,15)(H,16,17). The number of nitrogens with one attached hydrogen (secondary N) is 1. The van der Waals surface area contributed by atoms with Crippen molar-refractivity contribution < 1.29 is 27.9 Å². The van der Waals surface area contributed by atoms with E-state index in [1.54, 1.807) is 0 Å². The van der Waals surface area contributed by atoms with Crippen LogP contribution in [0.4, 0.5) is 13.2 Å². The summed E-state index contributed by atoms with van der Waals surface area (Å²) < 4.78 is 37.5. The molecule has 0 unspecified atom stereocenters. The monoisotopic (exact) mass is 247 g/mol. The average molecular weight is 247 g/mol. The number of hydrogen-bond acceptors (Lipinski definition) is 2. The van der Waals surface area contributed by atoms with E-state index in [1.807, 2.05) is 5.32 Å². The first kappa shape index (κ1) is 13.0. The van der Waals surface area contributed by atoms with Crippen LogP contribution in [0.3, 0.4) is 0 Å². The van der Waals surface area contributed by atoms with Crippen LogP contribution in [0, 0.1) is 0 Å². The van der Waals surface area contributed by atoms with Crippen LogP contribution in [0.5, 0.6) is 0 Å². The van der Waals surface area contributed by atoms with Crippen molar-refractivity contribution in [2.75, 3.05) is 0 Å². The predicted octanol–water partition coefficient (Wildman–Crippen LogP) is 1.41. The average Bonchev–Trinajstić information content (AvgIpc) is 2.24. The summed E-state index contributed by atoms with van der Waals surface area (Å²) in [4.78, 5) is 20.9. The van der Waals surface area contributed by atoms with E-state index in [0.717, 1.165) is 6.07 Å². The summed E-state index contributed by atoms with van der Waals surface area (Å²) in [7, 11) is 0. The Morgan fingerprint density at radius 2 is 1.82 bits per heavy atom. The lowest BCUT2D eigenvalue weighted by Gasteiger charge is -2.12. The van der Waals surface area contributed by atoms with Crippen molar-refractivity contribution in [1.29, 1.82) is 0 Å². The van der Waals surface area contributed by atoms with Gasteiger partial charge in [-0.2, -0.15) is 13.2 Å². The van der Waals surface area contributed by atoms with Crippen molar-refractivity contribution in [2.45, 2.75) is 12.7 Å². The first-order chi connectivity index (χ1) is 7.82. The summed E-state index contributed by atoms with van der Waals surface area (Å²) in [5.74, 6) is -3.09. The second-order valence-corrected chi connectivity index (χ2v) is 3.14. The highest BCUT2D eigenvalue weighted by molar-refractivity contribution is 6.31. The van der Waals surface area contributed by atoms with E-state index < -0.39 is 30.2 Å². The number of hydrogen-bond donors (Lipinski definition) is 2. The Morgan fingerprint density at radius 1 is 1.24 bits per heavy atom. The number of carboxylic acid groups (broad SMARTS) is 1. The highest BCUT2D eigenvalue weighted by Crippen LogP contribution is 2.31. The number of rotatable bonds is 2. The van der Waals surface area contributed by atoms with Crippen molar-refractivity contribution in [3.8, 4) is 0 Å². The molecule has 4 nitrogen and oxygen atoms in total. The summed E-state index contributed by atoms with van der Waals surface area (Å²) in [6.45, 7) is -0.485. The summed E-state index contributed by atoms with van der Waals surface area (Å²) in [6, 6.07) is 4.62. The van der Waals surface area contributed by atoms with E-state index >= 15 is 0 Å². The molecule has 0 saturated carbocycles. The molecule has 0 aliphatic rings. The van der Waals surface area contributed by atoms with Gasteiger partial charge in [0.15, 0.2) is 0 Å². The molecule has 1 rings (SSSR count). The van der Waals surface area contributed by atoms with Crippen LogP contribution in [0.2, 0.25) is 0 Å². The van der Waals surface area contributed by atoms with Crippen LogP contribution < -0.4 is 5.32 Å². The fraction of sp³-hybridized carbons (Fsp3) is 0.200. The van der Waals surface area contributed by atoms with Gasteiger partial charge in [-0.1, -0.05) is 18.2 Å². The number of aliphatic carboxylic acids is 1. The Hall–Kier alpha value is -2.05. The molecule has 0 radical (unpaired) electrons. The summed E-state index contributed by atoms with van der Waals surface area (Å²) in [5, 5.41) is 10.1. The molecule has 0 bridgehead atoms. The number of halogens is 3. The molecule has 0 heterocycles. The van der Waals surface area contributed by atoms with E-state index in [-0.39, 0.29) is 5.56 Å². The smallest absolute Gasteiger partial charge is 0.416 e. The molecule has 0 spiro atoms. The molecule has 1 aromatic carbocycles. The zero-order valence-corrected chi connectivity index (χ0v) is 8.41. The van der Waals surface area contributed by atoms with E-state index in [2.05, 4.69) is 0 Å². The normalized spacial score (nSPS) is 11.0. The fourth-order valence-corrected chi connectivity index (χ4v) is 1.20. The Kier molecular flexibility index (Phi) is 3.72. The molecule has 0 saturated heterocycles. The van der Waals surface area contributed by atoms with Crippen LogP contribution in [-0.4, -0.2) is 17.0 Å². The van der Waals surface area contributed by atoms with E-state index in [9.17, 15) is 22.8 Å². The molecule has 1 aromatic rings. The van der Waals surface area contributed by atoms with Gasteiger partial charge in [0, 0.05) is 6.54 Å². The summed E-state index contributed by atoms with van der Waals surface area (Å²) in [6.07, 6.45) is -4.54. The topological polar surface area (TPSA) is 66.4 Å². The maximum absolute atomic E-state index is 12.5. The third-order valence-electron chi connectivity index (χ3n) is 1.96. The van der Waals surface area contributed by atoms with Crippen LogP contribution >= 0.6 is 0 Å². The van der Waals surface area contributed by atoms with Gasteiger partial charge in [-0.05, 0) is 11.6 Å². The van der Waals surface area contributed by atoms with Crippen molar-refractivity contribution >= 4 is 11.9 Å². The summed E-state index contributed by atoms with van der Waals surface area (Å²) >= 11 is 0. The van der Waals surface area contributed by atoms with Gasteiger partial charge in [0.25, 0.3) is 0 Å². The molecule has 92 valence electrons. The van der Waals surface area contributed by atoms with Crippen LogP contribution in [0.25, 0.3) is 0 Å². The Morgan fingerprint density at radius 3 is 2.35 bits per heavy atom. The van der Waals surface area contributed by atoms with Crippen molar-refractivity contribution in [3.05, 3.63) is 35.4 Å². The highest BCUT2D eigenvalue weighted by Gasteiger charge is 2.32. The van der Waals surface area contributed by atoms with Crippen molar-refractivity contribution in [1.82, 2.24) is 5.32 Å². The molecule has 0 fully saturated rings. The Bertz CT molecular complexity index is 443. The van der Waals surface area contributed by atoms with Crippen molar-refractivity contribution in [3.63, 3.8) is 0 Å². The third-order valence-corrected chi connectivity index (χ3v) is 1.96. The molecule has 0 aliphatic heterocycles. The largest absolute Gasteiger partial charge is 0.474 e. The van der Waals surface area contributed by atoms with Gasteiger partial charge in [0.05, 0.1) is 5.56 Å². The summed E-state index contributed by atoms with van der Waals surface area (Å²) in [5.41, 5.74) is -1.08. The molecule has 0 aliphatic carbocycles. The van der Waals surface area contributed by atoms with E-state index in [0.29, 0.717) is 0 Å². The minimum absolute atomic E-state index is 0.186. The van der Waals surface area contributed by atoms with Crippen LogP contribution in [0.15, 0.2) is 24.3 Å². The van der Waals surface area contributed by atoms with Gasteiger partial charge in [-0.25, -0.2) is 4.79 Å². The maximum Gasteiger partial charge on any atom is 0.416 e. The zero-order chi connectivity index (χ0) is 13.1. The molecule has 0 aromatic heterocycles. The number of carbonyl (C=O) groups excluding carboxylic acids is 1. The second kappa shape index (κ2) is 4.86. The Labute approximate surface area is 94.1 Å². The quantitative estimate of drug-likeness (QED) is 0.776. The molecule has 0 atom stereocenters. The molecular weight excluding hydrogens is 239 g/mol. The minimum Gasteiger partial charge on any atom is -0.474 e. The number of alkyl halides is 3. The molecule has 7 heteroatoms. The minimum atomic E-state index is -4.54. The van der Waals surface area contributed by atoms with Gasteiger partial charge in [-0.15, -0.1) is 0 Å². The molecule has 1 amide bonds. The van der Waals surface area contributed by atoms with Gasteiger partial charge >= 0.3 is 18.1 Å². The number of amides is 1. The van der Waals surface area contributed by atoms with Crippen molar-refractivity contribution in [2.24, 2.45) is 0 Å². The van der Waals surface area contributed by atoms with Crippen LogP contribution in [-0.2, 0) is 22.3 Å². The first-order valence-corrected chi connectivity index (χ1v) is 4.48. The maximum atomic E-state index is 12.5. The lowest BCUT2D eigenvalue weighted by Crippen LogP contribution is -2.30. The predicted molar refractivity (Wildman–Crippen MR) is 50.9 cm³/mol. The zero-order valence-electron chi connectivity index (χ0n) is 8.41. The Balaban J connectivity index is 2.85. The molecular formula is C10H8F3NO3. The molecule has 2 N–H and O–H groups in total. The highest BCUT2D eigenvalue weighted by atomic mass is 19.4. The first-order valence-electron chi connectivity index (χ1n) is 4.48. The van der Waals surface area contributed by atoms with E-state index in [4.69, 9.17) is 5.11 Å². The number of carbonyl (C=O) groups is 2. The lowest BCUT2D eigenvalue weighted by atomic mass is 10.1. The number of carboxylic acids is 1. The van der Waals surface area contributed by atoms with E-state index in [1.165, 1.54) is 18.2 Å².